The van der Waals surface area contributed by atoms with Crippen LogP contribution in [0, 0.1) is 5.82 Å². The molecule has 5 nitrogen and oxygen atoms in total. The Labute approximate surface area is 154 Å². The molecule has 7 heteroatoms. The van der Waals surface area contributed by atoms with Gasteiger partial charge in [-0.2, -0.15) is 0 Å². The molecule has 1 fully saturated rings. The Kier molecular flexibility index (Phi) is 5.55. The first-order valence-electron chi connectivity index (χ1n) is 8.14. The molecule has 0 radical (unpaired) electrons. The quantitative estimate of drug-likeness (QED) is 0.720. The zero-order chi connectivity index (χ0) is 17.8. The van der Waals surface area contributed by atoms with Gasteiger partial charge >= 0.3 is 0 Å². The third kappa shape index (κ3) is 4.49. The van der Waals surface area contributed by atoms with Crippen LogP contribution in [0.25, 0.3) is 0 Å². The van der Waals surface area contributed by atoms with Gasteiger partial charge < -0.3 is 20.2 Å². The fourth-order valence-electron chi connectivity index (χ4n) is 2.98. The van der Waals surface area contributed by atoms with Crippen molar-refractivity contribution in [1.29, 1.82) is 0 Å². The number of amides is 1. The Morgan fingerprint density at radius 3 is 2.64 bits per heavy atom. The molecule has 2 aromatic carbocycles. The molecule has 0 spiro atoms. The first kappa shape index (κ1) is 17.7. The third-order valence-corrected chi connectivity index (χ3v) is 4.80. The van der Waals surface area contributed by atoms with Crippen molar-refractivity contribution in [3.63, 3.8) is 0 Å². The number of carbonyl (C=O) groups excluding carboxylic acids is 1. The summed E-state index contributed by atoms with van der Waals surface area (Å²) in [5.74, 6) is -0.385. The molecular formula is C18H20BrFN3O2+. The number of carbonyl (C=O) groups is 1. The fourth-order valence-corrected chi connectivity index (χ4v) is 3.32. The maximum absolute atomic E-state index is 13.8. The smallest absolute Gasteiger partial charge is 0.279 e. The number of rotatable bonds is 4. The standard InChI is InChI=1S/C18H19BrFN3O2/c19-13-5-6-15(14(20)11-13)21-18(25)12-22-7-9-23(10-8-22)16-3-1-2-4-17(16)24/h1-6,11,24H,7-10,12H2,(H,21,25)/p+1. The van der Waals surface area contributed by atoms with Gasteiger partial charge in [0.25, 0.3) is 5.91 Å². The second-order valence-corrected chi connectivity index (χ2v) is 6.99. The van der Waals surface area contributed by atoms with Crippen molar-refractivity contribution < 1.29 is 19.2 Å². The van der Waals surface area contributed by atoms with Gasteiger partial charge in [-0.25, -0.2) is 4.39 Å². The van der Waals surface area contributed by atoms with Gasteiger partial charge in [-0.1, -0.05) is 28.1 Å². The van der Waals surface area contributed by atoms with Crippen LogP contribution >= 0.6 is 15.9 Å². The molecule has 0 saturated carbocycles. The molecule has 1 amide bonds. The molecule has 1 aliphatic rings. The predicted molar refractivity (Wildman–Crippen MR) is 98.6 cm³/mol. The normalized spacial score (nSPS) is 15.2. The lowest BCUT2D eigenvalue weighted by Crippen LogP contribution is -3.15. The summed E-state index contributed by atoms with van der Waals surface area (Å²) >= 11 is 3.19. The zero-order valence-electron chi connectivity index (χ0n) is 13.6. The molecule has 0 aromatic heterocycles. The van der Waals surface area contributed by atoms with Gasteiger partial charge in [0.05, 0.1) is 37.6 Å². The van der Waals surface area contributed by atoms with Crippen LogP contribution in [0.5, 0.6) is 5.75 Å². The van der Waals surface area contributed by atoms with Gasteiger partial charge in [0.15, 0.2) is 6.54 Å². The molecule has 0 aliphatic carbocycles. The number of para-hydroxylation sites is 2. The van der Waals surface area contributed by atoms with E-state index < -0.39 is 5.82 Å². The zero-order valence-corrected chi connectivity index (χ0v) is 15.2. The Morgan fingerprint density at radius 2 is 1.96 bits per heavy atom. The van der Waals surface area contributed by atoms with Gasteiger partial charge in [0.2, 0.25) is 0 Å². The number of anilines is 2. The summed E-state index contributed by atoms with van der Waals surface area (Å²) in [6.45, 7) is 3.37. The topological polar surface area (TPSA) is 57.0 Å². The van der Waals surface area contributed by atoms with Crippen molar-refractivity contribution in [2.24, 2.45) is 0 Å². The van der Waals surface area contributed by atoms with Gasteiger partial charge in [0.1, 0.15) is 11.6 Å². The SMILES string of the molecule is O=C(C[NH+]1CCN(c2ccccc2O)CC1)Nc1ccc(Br)cc1F. The summed E-state index contributed by atoms with van der Waals surface area (Å²) in [5, 5.41) is 12.6. The molecule has 25 heavy (non-hydrogen) atoms. The highest BCUT2D eigenvalue weighted by Crippen LogP contribution is 2.26. The average molecular weight is 409 g/mol. The van der Waals surface area contributed by atoms with Gasteiger partial charge in [0, 0.05) is 4.47 Å². The minimum atomic E-state index is -0.456. The van der Waals surface area contributed by atoms with E-state index in [2.05, 4.69) is 26.1 Å². The highest BCUT2D eigenvalue weighted by atomic mass is 79.9. The van der Waals surface area contributed by atoms with Crippen LogP contribution in [0.15, 0.2) is 46.9 Å². The Morgan fingerprint density at radius 1 is 1.24 bits per heavy atom. The maximum atomic E-state index is 13.8. The van der Waals surface area contributed by atoms with Crippen LogP contribution in [0.4, 0.5) is 15.8 Å². The van der Waals surface area contributed by atoms with E-state index >= 15 is 0 Å². The number of nitrogens with zero attached hydrogens (tertiary/aromatic N) is 1. The van der Waals surface area contributed by atoms with Crippen LogP contribution in [0.1, 0.15) is 0 Å². The lowest BCUT2D eigenvalue weighted by Gasteiger charge is -2.33. The number of halogens is 2. The minimum Gasteiger partial charge on any atom is -0.506 e. The number of nitrogens with one attached hydrogen (secondary N) is 2. The van der Waals surface area contributed by atoms with Crippen molar-refractivity contribution >= 4 is 33.2 Å². The number of benzene rings is 2. The van der Waals surface area contributed by atoms with E-state index in [4.69, 9.17) is 0 Å². The molecule has 2 aromatic rings. The number of hydrogen-bond acceptors (Lipinski definition) is 3. The van der Waals surface area contributed by atoms with E-state index in [-0.39, 0.29) is 17.3 Å². The molecule has 1 heterocycles. The maximum Gasteiger partial charge on any atom is 0.279 e. The van der Waals surface area contributed by atoms with Crippen LogP contribution in [0.2, 0.25) is 0 Å². The molecule has 0 bridgehead atoms. The molecule has 0 atom stereocenters. The second-order valence-electron chi connectivity index (χ2n) is 6.07. The summed E-state index contributed by atoms with van der Waals surface area (Å²) in [7, 11) is 0. The van der Waals surface area contributed by atoms with Gasteiger partial charge in [-0.3, -0.25) is 4.79 Å². The lowest BCUT2D eigenvalue weighted by atomic mass is 10.2. The predicted octanol–water partition coefficient (Wildman–Crippen LogP) is 1.64. The highest BCUT2D eigenvalue weighted by Gasteiger charge is 2.23. The number of phenolic OH excluding ortho intramolecular Hbond substituents is 1. The average Bonchev–Trinajstić information content (AvgIpc) is 2.59. The summed E-state index contributed by atoms with van der Waals surface area (Å²) in [5.41, 5.74) is 1.02. The molecular weight excluding hydrogens is 389 g/mol. The van der Waals surface area contributed by atoms with Crippen LogP contribution in [0.3, 0.4) is 0 Å². The monoisotopic (exact) mass is 408 g/mol. The van der Waals surface area contributed by atoms with E-state index in [0.717, 1.165) is 36.8 Å². The first-order valence-corrected chi connectivity index (χ1v) is 8.93. The van der Waals surface area contributed by atoms with E-state index in [1.165, 1.54) is 6.07 Å². The summed E-state index contributed by atoms with van der Waals surface area (Å²) in [6.07, 6.45) is 0. The molecule has 1 aliphatic heterocycles. The van der Waals surface area contributed by atoms with Gasteiger partial charge in [-0.15, -0.1) is 0 Å². The molecule has 3 N–H and O–H groups in total. The van der Waals surface area contributed by atoms with Crippen molar-refractivity contribution in [1.82, 2.24) is 0 Å². The largest absolute Gasteiger partial charge is 0.506 e. The Hall–Kier alpha value is -2.12. The Bertz CT molecular complexity index is 764. The summed E-state index contributed by atoms with van der Waals surface area (Å²) < 4.78 is 14.4. The number of piperazine rings is 1. The van der Waals surface area contributed by atoms with Crippen molar-refractivity contribution in [3.8, 4) is 5.75 Å². The van der Waals surface area contributed by atoms with E-state index in [1.807, 2.05) is 12.1 Å². The van der Waals surface area contributed by atoms with E-state index in [0.29, 0.717) is 11.0 Å². The number of hydrogen-bond donors (Lipinski definition) is 3. The molecule has 132 valence electrons. The molecule has 1 saturated heterocycles. The first-order chi connectivity index (χ1) is 12.0. The number of phenols is 1. The second kappa shape index (κ2) is 7.84. The third-order valence-electron chi connectivity index (χ3n) is 4.31. The van der Waals surface area contributed by atoms with Crippen LogP contribution < -0.4 is 15.1 Å². The fraction of sp³-hybridized carbons (Fsp3) is 0.278. The lowest BCUT2D eigenvalue weighted by molar-refractivity contribution is -0.892. The van der Waals surface area contributed by atoms with Crippen LogP contribution in [-0.4, -0.2) is 43.7 Å². The van der Waals surface area contributed by atoms with Crippen molar-refractivity contribution in [2.45, 2.75) is 0 Å². The highest BCUT2D eigenvalue weighted by molar-refractivity contribution is 9.10. The van der Waals surface area contributed by atoms with Crippen molar-refractivity contribution in [2.75, 3.05) is 42.9 Å². The summed E-state index contributed by atoms with van der Waals surface area (Å²) in [4.78, 5) is 15.4. The number of aromatic hydroxyl groups is 1. The van der Waals surface area contributed by atoms with E-state index in [9.17, 15) is 14.3 Å². The molecule has 0 unspecified atom stereocenters. The number of quaternary nitrogens is 1. The van der Waals surface area contributed by atoms with E-state index in [1.54, 1.807) is 24.3 Å². The molecule has 3 rings (SSSR count). The summed E-state index contributed by atoms with van der Waals surface area (Å²) in [6, 6.07) is 11.8. The van der Waals surface area contributed by atoms with Gasteiger partial charge in [-0.05, 0) is 30.3 Å². The minimum absolute atomic E-state index is 0.195. The van der Waals surface area contributed by atoms with Crippen molar-refractivity contribution in [3.05, 3.63) is 52.8 Å². The Balaban J connectivity index is 1.52. The van der Waals surface area contributed by atoms with Crippen LogP contribution in [-0.2, 0) is 4.79 Å².